The first-order chi connectivity index (χ1) is 13.1. The summed E-state index contributed by atoms with van der Waals surface area (Å²) in [6.45, 7) is 1.92. The molecule has 1 heterocycles. The van der Waals surface area contributed by atoms with Gasteiger partial charge in [-0.1, -0.05) is 31.4 Å². The monoisotopic (exact) mass is 373 g/mol. The number of anilines is 1. The number of hydrogen-bond donors (Lipinski definition) is 3. The first-order valence-electron chi connectivity index (χ1n) is 10.2. The molecule has 2 fully saturated rings. The lowest BCUT2D eigenvalue weighted by atomic mass is 9.89. The minimum Gasteiger partial charge on any atom is -0.391 e. The molecular formula is C21H31N3O3. The van der Waals surface area contributed by atoms with Gasteiger partial charge in [-0.15, -0.1) is 0 Å². The van der Waals surface area contributed by atoms with Crippen molar-refractivity contribution in [1.29, 1.82) is 0 Å². The molecule has 3 rings (SSSR count). The molecule has 3 N–H and O–H groups in total. The second-order valence-electron chi connectivity index (χ2n) is 7.75. The summed E-state index contributed by atoms with van der Waals surface area (Å²) in [6, 6.07) is 7.26. The van der Waals surface area contributed by atoms with Crippen LogP contribution in [0.2, 0.25) is 0 Å². The van der Waals surface area contributed by atoms with E-state index < -0.39 is 6.10 Å². The van der Waals surface area contributed by atoms with E-state index in [0.717, 1.165) is 19.4 Å². The molecule has 6 heteroatoms. The van der Waals surface area contributed by atoms with Crippen molar-refractivity contribution in [3.05, 3.63) is 29.8 Å². The fourth-order valence-electron chi connectivity index (χ4n) is 4.02. The predicted octanol–water partition coefficient (Wildman–Crippen LogP) is 2.39. The number of hydrogen-bond acceptors (Lipinski definition) is 4. The second-order valence-corrected chi connectivity index (χ2v) is 7.75. The van der Waals surface area contributed by atoms with Crippen LogP contribution in [-0.2, 0) is 4.79 Å². The Morgan fingerprint density at radius 3 is 2.63 bits per heavy atom. The number of likely N-dealkylation sites (tertiary alicyclic amines) is 1. The third-order valence-electron chi connectivity index (χ3n) is 5.59. The molecule has 2 amide bonds. The third-order valence-corrected chi connectivity index (χ3v) is 5.59. The molecule has 27 heavy (non-hydrogen) atoms. The van der Waals surface area contributed by atoms with Crippen molar-refractivity contribution >= 4 is 17.5 Å². The average Bonchev–Trinajstić information content (AvgIpc) is 2.71. The standard InChI is InChI=1S/C21H31N3O3/c25-17-9-6-12-24(15-17)21(27)18-10-4-5-11-19(18)22-14-20(26)23-13-16-7-2-1-3-8-16/h4-5,10-11,16-17,22,25H,1-3,6-9,12-15H2,(H,23,26). The normalized spacial score (nSPS) is 20.9. The van der Waals surface area contributed by atoms with Crippen LogP contribution >= 0.6 is 0 Å². The van der Waals surface area contributed by atoms with Gasteiger partial charge in [0.05, 0.1) is 18.2 Å². The van der Waals surface area contributed by atoms with Crippen LogP contribution in [0.15, 0.2) is 24.3 Å². The number of rotatable bonds is 6. The zero-order valence-electron chi connectivity index (χ0n) is 16.0. The van der Waals surface area contributed by atoms with E-state index in [1.54, 1.807) is 11.0 Å². The van der Waals surface area contributed by atoms with Crippen LogP contribution in [0.4, 0.5) is 5.69 Å². The number of para-hydroxylation sites is 1. The van der Waals surface area contributed by atoms with Crippen molar-refractivity contribution in [3.8, 4) is 0 Å². The fourth-order valence-corrected chi connectivity index (χ4v) is 4.02. The topological polar surface area (TPSA) is 81.7 Å². The summed E-state index contributed by atoms with van der Waals surface area (Å²) in [7, 11) is 0. The van der Waals surface area contributed by atoms with E-state index >= 15 is 0 Å². The molecule has 0 spiro atoms. The van der Waals surface area contributed by atoms with Crippen LogP contribution in [-0.4, -0.2) is 54.1 Å². The van der Waals surface area contributed by atoms with E-state index in [4.69, 9.17) is 0 Å². The SMILES string of the molecule is O=C(CNc1ccccc1C(=O)N1CCCC(O)C1)NCC1CCCCC1. The van der Waals surface area contributed by atoms with Crippen LogP contribution in [0.1, 0.15) is 55.3 Å². The van der Waals surface area contributed by atoms with Crippen LogP contribution < -0.4 is 10.6 Å². The Kier molecular flexibility index (Phi) is 7.10. The van der Waals surface area contributed by atoms with Crippen molar-refractivity contribution in [1.82, 2.24) is 10.2 Å². The number of benzene rings is 1. The maximum Gasteiger partial charge on any atom is 0.256 e. The van der Waals surface area contributed by atoms with Crippen molar-refractivity contribution in [3.63, 3.8) is 0 Å². The molecule has 1 unspecified atom stereocenters. The number of carbonyl (C=O) groups excluding carboxylic acids is 2. The number of amides is 2. The molecule has 1 aromatic carbocycles. The lowest BCUT2D eigenvalue weighted by Crippen LogP contribution is -2.42. The second kappa shape index (κ2) is 9.74. The number of β-amino-alcohol motifs (C(OH)–C–C–N with tert-alkyl or cyclic N) is 1. The molecule has 1 saturated carbocycles. The van der Waals surface area contributed by atoms with Crippen LogP contribution in [0.3, 0.4) is 0 Å². The highest BCUT2D eigenvalue weighted by molar-refractivity contribution is 6.00. The Hall–Kier alpha value is -2.08. The van der Waals surface area contributed by atoms with Crippen LogP contribution in [0.25, 0.3) is 0 Å². The van der Waals surface area contributed by atoms with Gasteiger partial charge < -0.3 is 20.6 Å². The Balaban J connectivity index is 1.52. The third kappa shape index (κ3) is 5.70. The lowest BCUT2D eigenvalue weighted by Gasteiger charge is -2.30. The van der Waals surface area contributed by atoms with Crippen LogP contribution in [0.5, 0.6) is 0 Å². The zero-order chi connectivity index (χ0) is 19.1. The van der Waals surface area contributed by atoms with Gasteiger partial charge in [0.2, 0.25) is 5.91 Å². The summed E-state index contributed by atoms with van der Waals surface area (Å²) < 4.78 is 0. The van der Waals surface area contributed by atoms with E-state index in [-0.39, 0.29) is 18.4 Å². The fraction of sp³-hybridized carbons (Fsp3) is 0.619. The van der Waals surface area contributed by atoms with Gasteiger partial charge in [0.15, 0.2) is 0 Å². The number of nitrogens with one attached hydrogen (secondary N) is 2. The molecule has 1 saturated heterocycles. The van der Waals surface area contributed by atoms with Gasteiger partial charge in [0.25, 0.3) is 5.91 Å². The molecule has 0 bridgehead atoms. The largest absolute Gasteiger partial charge is 0.391 e. The molecule has 1 aliphatic heterocycles. The number of aliphatic hydroxyl groups excluding tert-OH is 1. The van der Waals surface area contributed by atoms with Gasteiger partial charge in [-0.3, -0.25) is 9.59 Å². The average molecular weight is 373 g/mol. The first kappa shape index (κ1) is 19.7. The summed E-state index contributed by atoms with van der Waals surface area (Å²) >= 11 is 0. The van der Waals surface area contributed by atoms with Gasteiger partial charge in [0.1, 0.15) is 0 Å². The summed E-state index contributed by atoms with van der Waals surface area (Å²) in [5, 5.41) is 15.9. The first-order valence-corrected chi connectivity index (χ1v) is 10.2. The molecular weight excluding hydrogens is 342 g/mol. The quantitative estimate of drug-likeness (QED) is 0.715. The van der Waals surface area contributed by atoms with E-state index in [9.17, 15) is 14.7 Å². The molecule has 148 valence electrons. The van der Waals surface area contributed by atoms with E-state index in [1.807, 2.05) is 18.2 Å². The van der Waals surface area contributed by atoms with Crippen molar-refractivity contribution in [2.75, 3.05) is 31.5 Å². The summed E-state index contributed by atoms with van der Waals surface area (Å²) in [6.07, 6.45) is 7.34. The van der Waals surface area contributed by atoms with Crippen molar-refractivity contribution < 1.29 is 14.7 Å². The molecule has 0 radical (unpaired) electrons. The van der Waals surface area contributed by atoms with Crippen molar-refractivity contribution in [2.45, 2.75) is 51.0 Å². The van der Waals surface area contributed by atoms with Crippen molar-refractivity contribution in [2.24, 2.45) is 5.92 Å². The molecule has 1 atom stereocenters. The molecule has 2 aliphatic rings. The zero-order valence-corrected chi connectivity index (χ0v) is 16.0. The van der Waals surface area contributed by atoms with Gasteiger partial charge >= 0.3 is 0 Å². The minimum absolute atomic E-state index is 0.0452. The molecule has 1 aliphatic carbocycles. The van der Waals surface area contributed by atoms with Crippen LogP contribution in [0, 0.1) is 5.92 Å². The maximum absolute atomic E-state index is 12.8. The molecule has 6 nitrogen and oxygen atoms in total. The molecule has 1 aromatic rings. The number of aliphatic hydroxyl groups is 1. The van der Waals surface area contributed by atoms with Gasteiger partial charge in [0, 0.05) is 25.3 Å². The van der Waals surface area contributed by atoms with E-state index in [0.29, 0.717) is 30.3 Å². The Bertz CT molecular complexity index is 643. The Morgan fingerprint density at radius 1 is 1.07 bits per heavy atom. The lowest BCUT2D eigenvalue weighted by molar-refractivity contribution is -0.119. The Labute approximate surface area is 161 Å². The van der Waals surface area contributed by atoms with Gasteiger partial charge in [-0.05, 0) is 43.7 Å². The maximum atomic E-state index is 12.8. The number of nitrogens with zero attached hydrogens (tertiary/aromatic N) is 1. The van der Waals surface area contributed by atoms with Gasteiger partial charge in [-0.2, -0.15) is 0 Å². The predicted molar refractivity (Wildman–Crippen MR) is 106 cm³/mol. The van der Waals surface area contributed by atoms with E-state index in [2.05, 4.69) is 10.6 Å². The van der Waals surface area contributed by atoms with E-state index in [1.165, 1.54) is 32.1 Å². The number of carbonyl (C=O) groups is 2. The molecule has 0 aromatic heterocycles. The number of piperidine rings is 1. The Morgan fingerprint density at radius 2 is 1.85 bits per heavy atom. The minimum atomic E-state index is -0.451. The highest BCUT2D eigenvalue weighted by Gasteiger charge is 2.24. The summed E-state index contributed by atoms with van der Waals surface area (Å²) in [4.78, 5) is 26.7. The summed E-state index contributed by atoms with van der Waals surface area (Å²) in [5.74, 6) is 0.456. The summed E-state index contributed by atoms with van der Waals surface area (Å²) in [5.41, 5.74) is 1.21. The highest BCUT2D eigenvalue weighted by atomic mass is 16.3. The van der Waals surface area contributed by atoms with Gasteiger partial charge in [-0.25, -0.2) is 0 Å². The smallest absolute Gasteiger partial charge is 0.256 e. The highest BCUT2D eigenvalue weighted by Crippen LogP contribution is 2.23.